The molecule has 0 bridgehead atoms. The Morgan fingerprint density at radius 2 is 2.15 bits per heavy atom. The molecular weight excluding hydrogens is 387 g/mol. The van der Waals surface area contributed by atoms with Gasteiger partial charge in [-0.2, -0.15) is 18.2 Å². The van der Waals surface area contributed by atoms with Crippen LogP contribution in [0.3, 0.4) is 0 Å². The third-order valence-electron chi connectivity index (χ3n) is 3.21. The molecule has 0 heterocycles. The number of benzene rings is 1. The fourth-order valence-corrected chi connectivity index (χ4v) is 2.63. The van der Waals surface area contributed by atoms with E-state index in [1.807, 2.05) is 6.07 Å². The van der Waals surface area contributed by atoms with Crippen molar-refractivity contribution in [3.63, 3.8) is 0 Å². The predicted octanol–water partition coefficient (Wildman–Crippen LogP) is 6.18. The molecule has 0 radical (unpaired) electrons. The molecule has 2 aromatic carbocycles. The minimum Gasteiger partial charge on any atom is -0.273 e. The fourth-order valence-electron chi connectivity index (χ4n) is 2.12. The smallest absolute Gasteiger partial charge is 0.273 e. The molecular formula is C18H19BrZr. The molecule has 0 N–H and O–H groups in total. The Morgan fingerprint density at radius 1 is 1.30 bits per heavy atom. The first-order valence-electron chi connectivity index (χ1n) is 6.87. The van der Waals surface area contributed by atoms with Crippen LogP contribution in [0.1, 0.15) is 32.6 Å². The summed E-state index contributed by atoms with van der Waals surface area (Å²) in [7, 11) is 0. The largest absolute Gasteiger partial charge is 2.00 e. The van der Waals surface area contributed by atoms with E-state index >= 15 is 0 Å². The normalized spacial score (nSPS) is 12.6. The summed E-state index contributed by atoms with van der Waals surface area (Å²) in [4.78, 5) is 0. The quantitative estimate of drug-likeness (QED) is 0.534. The van der Waals surface area contributed by atoms with Gasteiger partial charge in [-0.25, -0.2) is 11.6 Å². The predicted molar refractivity (Wildman–Crippen MR) is 87.3 cm³/mol. The van der Waals surface area contributed by atoms with Crippen LogP contribution in [-0.2, 0) is 26.2 Å². The molecule has 0 fully saturated rings. The maximum Gasteiger partial charge on any atom is 2.00 e. The van der Waals surface area contributed by atoms with Crippen molar-refractivity contribution in [3.05, 3.63) is 64.7 Å². The molecule has 0 amide bonds. The van der Waals surface area contributed by atoms with E-state index in [0.717, 1.165) is 6.42 Å². The molecule has 1 aliphatic rings. The van der Waals surface area contributed by atoms with E-state index in [1.54, 1.807) is 0 Å². The topological polar surface area (TPSA) is 0 Å². The SMILES string of the molecule is Brc1cccc2[cH-]ccc12.CCCCC1=CC[C-]=C1.[Zr+2]. The van der Waals surface area contributed by atoms with Gasteiger partial charge < -0.3 is 0 Å². The Hall–Kier alpha value is -0.327. The maximum atomic E-state index is 3.48. The zero-order valence-corrected chi connectivity index (χ0v) is 15.9. The zero-order chi connectivity index (χ0) is 13.5. The van der Waals surface area contributed by atoms with Gasteiger partial charge in [-0.15, -0.1) is 35.4 Å². The van der Waals surface area contributed by atoms with E-state index < -0.39 is 0 Å². The van der Waals surface area contributed by atoms with E-state index in [4.69, 9.17) is 0 Å². The van der Waals surface area contributed by atoms with Crippen LogP contribution < -0.4 is 0 Å². The average Bonchev–Trinajstić information content (AvgIpc) is 3.09. The number of allylic oxidation sites excluding steroid dienone is 4. The first-order valence-corrected chi connectivity index (χ1v) is 7.66. The summed E-state index contributed by atoms with van der Waals surface area (Å²) in [6.45, 7) is 2.23. The number of rotatable bonds is 3. The van der Waals surface area contributed by atoms with Gasteiger partial charge in [0, 0.05) is 0 Å². The molecule has 0 saturated carbocycles. The van der Waals surface area contributed by atoms with E-state index in [0.29, 0.717) is 0 Å². The summed E-state index contributed by atoms with van der Waals surface area (Å²) in [6, 6.07) is 12.5. The summed E-state index contributed by atoms with van der Waals surface area (Å²) >= 11 is 3.48. The number of fused-ring (bicyclic) bond motifs is 1. The summed E-state index contributed by atoms with van der Waals surface area (Å²) in [6.07, 6.45) is 12.5. The van der Waals surface area contributed by atoms with Crippen molar-refractivity contribution in [1.29, 1.82) is 0 Å². The van der Waals surface area contributed by atoms with Crippen molar-refractivity contribution in [2.45, 2.75) is 32.6 Å². The molecule has 3 rings (SSSR count). The van der Waals surface area contributed by atoms with Crippen LogP contribution in [-0.4, -0.2) is 0 Å². The fraction of sp³-hybridized carbons (Fsp3) is 0.278. The minimum atomic E-state index is 0. The number of halogens is 1. The summed E-state index contributed by atoms with van der Waals surface area (Å²) in [5, 5.41) is 2.59. The molecule has 0 spiro atoms. The molecule has 1 aliphatic carbocycles. The van der Waals surface area contributed by atoms with Gasteiger partial charge in [0.05, 0.1) is 0 Å². The number of hydrogen-bond donors (Lipinski definition) is 0. The van der Waals surface area contributed by atoms with Gasteiger partial charge in [-0.1, -0.05) is 48.2 Å². The minimum absolute atomic E-state index is 0. The van der Waals surface area contributed by atoms with Crippen LogP contribution in [0.5, 0.6) is 0 Å². The monoisotopic (exact) mass is 404 g/mol. The Morgan fingerprint density at radius 3 is 2.80 bits per heavy atom. The van der Waals surface area contributed by atoms with Crippen LogP contribution in [0, 0.1) is 6.08 Å². The third-order valence-corrected chi connectivity index (χ3v) is 3.91. The molecule has 0 atom stereocenters. The molecule has 0 nitrogen and oxygen atoms in total. The van der Waals surface area contributed by atoms with Gasteiger partial charge >= 0.3 is 26.2 Å². The van der Waals surface area contributed by atoms with Crippen LogP contribution in [0.2, 0.25) is 0 Å². The summed E-state index contributed by atoms with van der Waals surface area (Å²) in [5.41, 5.74) is 1.48. The molecule has 2 aromatic rings. The van der Waals surface area contributed by atoms with Crippen LogP contribution >= 0.6 is 15.9 Å². The first kappa shape index (κ1) is 17.7. The van der Waals surface area contributed by atoms with Gasteiger partial charge in [-0.05, 0) is 4.47 Å². The molecule has 2 heteroatoms. The van der Waals surface area contributed by atoms with Crippen LogP contribution in [0.4, 0.5) is 0 Å². The average molecular weight is 406 g/mol. The van der Waals surface area contributed by atoms with Crippen molar-refractivity contribution in [2.75, 3.05) is 0 Å². The Balaban J connectivity index is 0.000000192. The molecule has 102 valence electrons. The first-order chi connectivity index (χ1) is 9.31. The molecule has 20 heavy (non-hydrogen) atoms. The third kappa shape index (κ3) is 5.22. The number of unbranched alkanes of at least 4 members (excludes halogenated alkanes) is 1. The van der Waals surface area contributed by atoms with E-state index in [-0.39, 0.29) is 26.2 Å². The van der Waals surface area contributed by atoms with Crippen molar-refractivity contribution in [1.82, 2.24) is 0 Å². The van der Waals surface area contributed by atoms with E-state index in [2.05, 4.69) is 71.4 Å². The van der Waals surface area contributed by atoms with Gasteiger partial charge in [0.1, 0.15) is 0 Å². The Kier molecular flexibility index (Phi) is 8.49. The van der Waals surface area contributed by atoms with Gasteiger partial charge in [0.25, 0.3) is 0 Å². The van der Waals surface area contributed by atoms with Crippen molar-refractivity contribution < 1.29 is 26.2 Å². The van der Waals surface area contributed by atoms with Crippen molar-refractivity contribution >= 4 is 26.7 Å². The second kappa shape index (κ2) is 9.58. The van der Waals surface area contributed by atoms with E-state index in [1.165, 1.54) is 40.1 Å². The van der Waals surface area contributed by atoms with Crippen LogP contribution in [0.15, 0.2) is 58.6 Å². The second-order valence-corrected chi connectivity index (χ2v) is 5.56. The van der Waals surface area contributed by atoms with E-state index in [9.17, 15) is 0 Å². The standard InChI is InChI=1S/C9H6Br.C9H13.Zr/c10-9-6-2-4-7-3-1-5-8(7)9;1-2-3-6-9-7-4-5-8-9;/h1-6H;7-8H,2-4,6H2,1H3;/q2*-1;+2. The summed E-state index contributed by atoms with van der Waals surface area (Å²) in [5.74, 6) is 0. The molecule has 0 aliphatic heterocycles. The van der Waals surface area contributed by atoms with Gasteiger partial charge in [0.15, 0.2) is 0 Å². The summed E-state index contributed by atoms with van der Waals surface area (Å²) < 4.78 is 1.18. The second-order valence-electron chi connectivity index (χ2n) is 4.70. The van der Waals surface area contributed by atoms with Gasteiger partial charge in [0.2, 0.25) is 0 Å². The van der Waals surface area contributed by atoms with Crippen molar-refractivity contribution in [2.24, 2.45) is 0 Å². The molecule has 0 saturated heterocycles. The molecule has 0 aromatic heterocycles. The van der Waals surface area contributed by atoms with Crippen LogP contribution in [0.25, 0.3) is 10.8 Å². The zero-order valence-electron chi connectivity index (χ0n) is 11.8. The Labute approximate surface area is 149 Å². The number of hydrogen-bond acceptors (Lipinski definition) is 0. The maximum absolute atomic E-state index is 3.48. The Bertz CT molecular complexity index is 578. The van der Waals surface area contributed by atoms with Crippen molar-refractivity contribution in [3.8, 4) is 0 Å². The van der Waals surface area contributed by atoms with Gasteiger partial charge in [-0.3, -0.25) is 6.08 Å². The molecule has 0 unspecified atom stereocenters.